The second-order valence-corrected chi connectivity index (χ2v) is 6.47. The van der Waals surface area contributed by atoms with Gasteiger partial charge in [-0.15, -0.1) is 0 Å². The minimum absolute atomic E-state index is 0.106. The molecule has 0 saturated carbocycles. The van der Waals surface area contributed by atoms with Gasteiger partial charge in [-0.3, -0.25) is 0 Å². The molecule has 1 aliphatic heterocycles. The highest BCUT2D eigenvalue weighted by Crippen LogP contribution is 2.33. The number of aryl methyl sites for hydroxylation is 1. The Bertz CT molecular complexity index is 446. The quantitative estimate of drug-likeness (QED) is 0.904. The maximum absolute atomic E-state index is 6.26. The van der Waals surface area contributed by atoms with E-state index in [4.69, 9.17) is 5.73 Å². The fraction of sp³-hybridized carbons (Fsp3) is 0.667. The van der Waals surface area contributed by atoms with Crippen molar-refractivity contribution < 1.29 is 0 Å². The maximum Gasteiger partial charge on any atom is 0.0533 e. The molecule has 2 rings (SSSR count). The van der Waals surface area contributed by atoms with Crippen molar-refractivity contribution in [1.29, 1.82) is 0 Å². The summed E-state index contributed by atoms with van der Waals surface area (Å²) in [5.41, 5.74) is 9.02. The molecule has 1 heterocycles. The number of nitrogens with zero attached hydrogens (tertiary/aromatic N) is 2. The molecule has 3 heteroatoms. The van der Waals surface area contributed by atoms with Crippen molar-refractivity contribution in [3.8, 4) is 0 Å². The molecule has 0 amide bonds. The SMILES string of the molecule is CCCN1CCCC(CN)(N(C)c2ccccc2C)CC1. The summed E-state index contributed by atoms with van der Waals surface area (Å²) in [6, 6.07) is 8.65. The van der Waals surface area contributed by atoms with Gasteiger partial charge in [0.05, 0.1) is 5.54 Å². The normalized spacial score (nSPS) is 23.8. The van der Waals surface area contributed by atoms with Crippen molar-refractivity contribution in [1.82, 2.24) is 4.90 Å². The van der Waals surface area contributed by atoms with E-state index in [0.717, 1.165) is 13.0 Å². The zero-order valence-electron chi connectivity index (χ0n) is 13.9. The van der Waals surface area contributed by atoms with Crippen LogP contribution in [-0.2, 0) is 0 Å². The Balaban J connectivity index is 2.19. The number of nitrogens with two attached hydrogens (primary N) is 1. The summed E-state index contributed by atoms with van der Waals surface area (Å²) in [4.78, 5) is 5.06. The standard InChI is InChI=1S/C18H31N3/c1-4-12-21-13-7-10-18(15-19,11-14-21)20(3)17-9-6-5-8-16(17)2/h5-6,8-9H,4,7,10-15,19H2,1-3H3. The molecule has 1 fully saturated rings. The molecular formula is C18H31N3. The second kappa shape index (κ2) is 7.28. The van der Waals surface area contributed by atoms with E-state index in [-0.39, 0.29) is 5.54 Å². The first kappa shape index (κ1) is 16.3. The second-order valence-electron chi connectivity index (χ2n) is 6.47. The average Bonchev–Trinajstić information content (AvgIpc) is 2.71. The first-order valence-electron chi connectivity index (χ1n) is 8.35. The van der Waals surface area contributed by atoms with Crippen LogP contribution in [0.1, 0.15) is 38.2 Å². The van der Waals surface area contributed by atoms with Crippen LogP contribution in [0.3, 0.4) is 0 Å². The minimum atomic E-state index is 0.106. The van der Waals surface area contributed by atoms with Crippen molar-refractivity contribution in [2.24, 2.45) is 5.73 Å². The third kappa shape index (κ3) is 3.58. The van der Waals surface area contributed by atoms with Gasteiger partial charge in [-0.2, -0.15) is 0 Å². The number of benzene rings is 1. The predicted molar refractivity (Wildman–Crippen MR) is 91.9 cm³/mol. The van der Waals surface area contributed by atoms with E-state index in [1.807, 2.05) is 0 Å². The summed E-state index contributed by atoms with van der Waals surface area (Å²) in [6.07, 6.45) is 4.83. The smallest absolute Gasteiger partial charge is 0.0533 e. The Hall–Kier alpha value is -1.06. The minimum Gasteiger partial charge on any atom is -0.367 e. The van der Waals surface area contributed by atoms with Crippen molar-refractivity contribution in [2.45, 2.75) is 45.1 Å². The van der Waals surface area contributed by atoms with Crippen LogP contribution in [0.15, 0.2) is 24.3 Å². The van der Waals surface area contributed by atoms with Gasteiger partial charge in [-0.25, -0.2) is 0 Å². The molecule has 0 aliphatic carbocycles. The van der Waals surface area contributed by atoms with Gasteiger partial charge in [0.2, 0.25) is 0 Å². The van der Waals surface area contributed by atoms with Crippen LogP contribution in [0, 0.1) is 6.92 Å². The Morgan fingerprint density at radius 1 is 1.24 bits per heavy atom. The topological polar surface area (TPSA) is 32.5 Å². The highest BCUT2D eigenvalue weighted by Gasteiger charge is 2.35. The third-order valence-electron chi connectivity index (χ3n) is 5.12. The Morgan fingerprint density at radius 3 is 2.67 bits per heavy atom. The average molecular weight is 289 g/mol. The zero-order chi connectivity index (χ0) is 15.3. The van der Waals surface area contributed by atoms with Crippen LogP contribution in [0.25, 0.3) is 0 Å². The van der Waals surface area contributed by atoms with Crippen molar-refractivity contribution in [3.63, 3.8) is 0 Å². The molecule has 1 aromatic rings. The number of para-hydroxylation sites is 1. The van der Waals surface area contributed by atoms with Gasteiger partial charge in [-0.1, -0.05) is 25.1 Å². The molecule has 1 aliphatic rings. The lowest BCUT2D eigenvalue weighted by Gasteiger charge is -2.43. The highest BCUT2D eigenvalue weighted by atomic mass is 15.2. The lowest BCUT2D eigenvalue weighted by molar-refractivity contribution is 0.275. The summed E-state index contributed by atoms with van der Waals surface area (Å²) in [5.74, 6) is 0. The van der Waals surface area contributed by atoms with Gasteiger partial charge < -0.3 is 15.5 Å². The van der Waals surface area contributed by atoms with Gasteiger partial charge in [0.15, 0.2) is 0 Å². The zero-order valence-corrected chi connectivity index (χ0v) is 13.9. The van der Waals surface area contributed by atoms with Crippen LogP contribution >= 0.6 is 0 Å². The molecule has 0 bridgehead atoms. The molecule has 21 heavy (non-hydrogen) atoms. The number of hydrogen-bond donors (Lipinski definition) is 1. The molecule has 1 atom stereocenters. The molecule has 0 aromatic heterocycles. The summed E-state index contributed by atoms with van der Waals surface area (Å²) in [5, 5.41) is 0. The van der Waals surface area contributed by atoms with E-state index in [9.17, 15) is 0 Å². The van der Waals surface area contributed by atoms with Gasteiger partial charge in [0, 0.05) is 25.8 Å². The summed E-state index contributed by atoms with van der Waals surface area (Å²) in [6.45, 7) is 8.79. The molecule has 118 valence electrons. The fourth-order valence-corrected chi connectivity index (χ4v) is 3.65. The number of anilines is 1. The van der Waals surface area contributed by atoms with Gasteiger partial charge in [-0.05, 0) is 57.3 Å². The van der Waals surface area contributed by atoms with E-state index in [1.165, 1.54) is 50.1 Å². The highest BCUT2D eigenvalue weighted by molar-refractivity contribution is 5.54. The number of likely N-dealkylation sites (N-methyl/N-ethyl adjacent to an activating group) is 1. The van der Waals surface area contributed by atoms with Crippen molar-refractivity contribution >= 4 is 5.69 Å². The first-order chi connectivity index (χ1) is 10.1. The van der Waals surface area contributed by atoms with Crippen LogP contribution in [-0.4, -0.2) is 43.7 Å². The van der Waals surface area contributed by atoms with E-state index < -0.39 is 0 Å². The molecule has 0 radical (unpaired) electrons. The van der Waals surface area contributed by atoms with Crippen LogP contribution in [0.4, 0.5) is 5.69 Å². The number of hydrogen-bond acceptors (Lipinski definition) is 3. The predicted octanol–water partition coefficient (Wildman–Crippen LogP) is 3.02. The molecule has 1 aromatic carbocycles. The van der Waals surface area contributed by atoms with E-state index >= 15 is 0 Å². The third-order valence-corrected chi connectivity index (χ3v) is 5.12. The van der Waals surface area contributed by atoms with E-state index in [1.54, 1.807) is 0 Å². The van der Waals surface area contributed by atoms with Crippen molar-refractivity contribution in [2.75, 3.05) is 38.1 Å². The molecule has 3 nitrogen and oxygen atoms in total. The molecule has 1 unspecified atom stereocenters. The Kier molecular flexibility index (Phi) is 5.65. The molecule has 0 spiro atoms. The number of likely N-dealkylation sites (tertiary alicyclic amines) is 1. The summed E-state index contributed by atoms with van der Waals surface area (Å²) in [7, 11) is 2.23. The summed E-state index contributed by atoms with van der Waals surface area (Å²) < 4.78 is 0. The molecular weight excluding hydrogens is 258 g/mol. The van der Waals surface area contributed by atoms with E-state index in [0.29, 0.717) is 0 Å². The molecule has 2 N–H and O–H groups in total. The fourth-order valence-electron chi connectivity index (χ4n) is 3.65. The lowest BCUT2D eigenvalue weighted by atomic mass is 9.88. The van der Waals surface area contributed by atoms with Gasteiger partial charge >= 0.3 is 0 Å². The summed E-state index contributed by atoms with van der Waals surface area (Å²) >= 11 is 0. The largest absolute Gasteiger partial charge is 0.367 e. The van der Waals surface area contributed by atoms with E-state index in [2.05, 4.69) is 55.0 Å². The maximum atomic E-state index is 6.26. The van der Waals surface area contributed by atoms with Crippen LogP contribution in [0.2, 0.25) is 0 Å². The Labute approximate surface area is 130 Å². The van der Waals surface area contributed by atoms with Crippen LogP contribution < -0.4 is 10.6 Å². The molecule has 1 saturated heterocycles. The first-order valence-corrected chi connectivity index (χ1v) is 8.35. The number of rotatable bonds is 5. The van der Waals surface area contributed by atoms with Gasteiger partial charge in [0.1, 0.15) is 0 Å². The lowest BCUT2D eigenvalue weighted by Crippen LogP contribution is -2.53. The van der Waals surface area contributed by atoms with Gasteiger partial charge in [0.25, 0.3) is 0 Å². The Morgan fingerprint density at radius 2 is 2.00 bits per heavy atom. The monoisotopic (exact) mass is 289 g/mol. The van der Waals surface area contributed by atoms with Crippen LogP contribution in [0.5, 0.6) is 0 Å². The van der Waals surface area contributed by atoms with Crippen molar-refractivity contribution in [3.05, 3.63) is 29.8 Å².